The molecule has 5 rings (SSSR count). The zero-order valence-corrected chi connectivity index (χ0v) is 17.3. The quantitative estimate of drug-likeness (QED) is 0.338. The van der Waals surface area contributed by atoms with Crippen LogP contribution in [0.5, 0.6) is 11.6 Å². The van der Waals surface area contributed by atoms with Crippen molar-refractivity contribution in [2.24, 2.45) is 0 Å². The van der Waals surface area contributed by atoms with Crippen LogP contribution >= 0.6 is 0 Å². The summed E-state index contributed by atoms with van der Waals surface area (Å²) in [5.41, 5.74) is 0.929. The van der Waals surface area contributed by atoms with Crippen molar-refractivity contribution in [3.63, 3.8) is 0 Å². The highest BCUT2D eigenvalue weighted by atomic mass is 16.6. The van der Waals surface area contributed by atoms with Crippen LogP contribution in [0.4, 0.5) is 17.2 Å². The van der Waals surface area contributed by atoms with Crippen molar-refractivity contribution >= 4 is 28.0 Å². The van der Waals surface area contributed by atoms with Crippen molar-refractivity contribution in [1.29, 1.82) is 0 Å². The second-order valence-electron chi connectivity index (χ2n) is 7.53. The van der Waals surface area contributed by atoms with E-state index < -0.39 is 4.92 Å². The van der Waals surface area contributed by atoms with Crippen LogP contribution in [0, 0.1) is 10.1 Å². The van der Waals surface area contributed by atoms with Crippen molar-refractivity contribution in [1.82, 2.24) is 9.97 Å². The summed E-state index contributed by atoms with van der Waals surface area (Å²) in [6, 6.07) is 23.5. The lowest BCUT2D eigenvalue weighted by Gasteiger charge is -2.36. The van der Waals surface area contributed by atoms with Crippen LogP contribution in [0.2, 0.25) is 0 Å². The molecule has 1 aliphatic rings. The van der Waals surface area contributed by atoms with E-state index in [2.05, 4.69) is 27.0 Å². The van der Waals surface area contributed by atoms with Crippen LogP contribution in [0.1, 0.15) is 0 Å². The summed E-state index contributed by atoms with van der Waals surface area (Å²) in [5, 5.41) is 14.0. The number of para-hydroxylation sites is 1. The van der Waals surface area contributed by atoms with E-state index in [9.17, 15) is 10.1 Å². The molecule has 0 amide bonds. The third-order valence-corrected chi connectivity index (χ3v) is 5.59. The smallest absolute Gasteiger partial charge is 0.373 e. The van der Waals surface area contributed by atoms with Gasteiger partial charge in [-0.15, -0.1) is 0 Å². The number of hydrogen-bond acceptors (Lipinski definition) is 7. The Balaban J connectivity index is 1.40. The van der Waals surface area contributed by atoms with Gasteiger partial charge in [-0.3, -0.25) is 10.1 Å². The minimum atomic E-state index is -0.463. The van der Waals surface area contributed by atoms with Crippen molar-refractivity contribution in [3.8, 4) is 11.6 Å². The van der Waals surface area contributed by atoms with E-state index >= 15 is 0 Å². The maximum atomic E-state index is 12.0. The Morgan fingerprint density at radius 2 is 1.50 bits per heavy atom. The topological polar surface area (TPSA) is 84.6 Å². The second kappa shape index (κ2) is 8.50. The zero-order valence-electron chi connectivity index (χ0n) is 17.3. The molecule has 1 aliphatic heterocycles. The molecule has 0 radical (unpaired) electrons. The SMILES string of the molecule is O=[N+]([O-])c1c(Oc2ccc3ccccc3c2)ncnc1N1CCN(c2ccccc2)CC1. The number of ether oxygens (including phenoxy) is 1. The zero-order chi connectivity index (χ0) is 21.9. The molecule has 4 aromatic rings. The van der Waals surface area contributed by atoms with Gasteiger partial charge in [0, 0.05) is 31.9 Å². The maximum absolute atomic E-state index is 12.0. The fourth-order valence-corrected chi connectivity index (χ4v) is 3.98. The summed E-state index contributed by atoms with van der Waals surface area (Å²) < 4.78 is 5.87. The molecule has 0 saturated carbocycles. The second-order valence-corrected chi connectivity index (χ2v) is 7.53. The number of benzene rings is 3. The number of rotatable bonds is 5. The number of piperazine rings is 1. The van der Waals surface area contributed by atoms with Crippen molar-refractivity contribution in [2.45, 2.75) is 0 Å². The van der Waals surface area contributed by atoms with Gasteiger partial charge in [0.15, 0.2) is 0 Å². The molecule has 160 valence electrons. The van der Waals surface area contributed by atoms with Gasteiger partial charge in [0.05, 0.1) is 4.92 Å². The third kappa shape index (κ3) is 3.90. The summed E-state index contributed by atoms with van der Waals surface area (Å²) in [6.07, 6.45) is 1.32. The predicted molar refractivity (Wildman–Crippen MR) is 124 cm³/mol. The summed E-state index contributed by atoms with van der Waals surface area (Å²) in [7, 11) is 0. The molecule has 0 N–H and O–H groups in total. The Hall–Kier alpha value is -4.20. The molecular weight excluding hydrogens is 406 g/mol. The maximum Gasteiger partial charge on any atom is 0.373 e. The van der Waals surface area contributed by atoms with Gasteiger partial charge in [0.2, 0.25) is 5.82 Å². The minimum absolute atomic E-state index is 0.0548. The predicted octanol–water partition coefficient (Wildman–Crippen LogP) is 4.66. The Bertz CT molecular complexity index is 1260. The molecule has 2 heterocycles. The summed E-state index contributed by atoms with van der Waals surface area (Å²) in [6.45, 7) is 2.71. The Kier molecular flexibility index (Phi) is 5.25. The lowest BCUT2D eigenvalue weighted by atomic mass is 10.1. The number of fused-ring (bicyclic) bond motifs is 1. The average Bonchev–Trinajstić information content (AvgIpc) is 2.84. The van der Waals surface area contributed by atoms with Crippen molar-refractivity contribution in [3.05, 3.63) is 89.2 Å². The van der Waals surface area contributed by atoms with Crippen LogP contribution < -0.4 is 14.5 Å². The Morgan fingerprint density at radius 1 is 0.812 bits per heavy atom. The number of nitro groups is 1. The third-order valence-electron chi connectivity index (χ3n) is 5.59. The molecule has 8 nitrogen and oxygen atoms in total. The number of hydrogen-bond donors (Lipinski definition) is 0. The van der Waals surface area contributed by atoms with Gasteiger partial charge in [0.25, 0.3) is 0 Å². The van der Waals surface area contributed by atoms with Crippen LogP contribution in [-0.2, 0) is 0 Å². The average molecular weight is 427 g/mol. The molecule has 1 saturated heterocycles. The van der Waals surface area contributed by atoms with E-state index in [1.165, 1.54) is 6.33 Å². The van der Waals surface area contributed by atoms with Crippen molar-refractivity contribution < 1.29 is 9.66 Å². The highest BCUT2D eigenvalue weighted by Crippen LogP contribution is 2.37. The summed E-state index contributed by atoms with van der Waals surface area (Å²) in [5.74, 6) is 0.722. The largest absolute Gasteiger partial charge is 0.434 e. The Labute approximate surface area is 184 Å². The standard InChI is InChI=1S/C24H21N5O3/c30-29(31)22-23(28-14-12-27(13-15-28)20-8-2-1-3-9-20)25-17-26-24(22)32-21-11-10-18-6-4-5-7-19(18)16-21/h1-11,16-17H,12-15H2. The van der Waals surface area contributed by atoms with Gasteiger partial charge in [-0.2, -0.15) is 4.98 Å². The first-order chi connectivity index (χ1) is 15.7. The molecule has 0 aliphatic carbocycles. The first-order valence-corrected chi connectivity index (χ1v) is 10.4. The van der Waals surface area contributed by atoms with E-state index in [0.717, 1.165) is 29.5 Å². The van der Waals surface area contributed by atoms with Gasteiger partial charge in [0.1, 0.15) is 12.1 Å². The molecule has 1 fully saturated rings. The fraction of sp³-hybridized carbons (Fsp3) is 0.167. The molecule has 0 atom stereocenters. The van der Waals surface area contributed by atoms with E-state index in [0.29, 0.717) is 18.8 Å². The van der Waals surface area contributed by atoms with Crippen LogP contribution in [-0.4, -0.2) is 41.1 Å². The molecule has 1 aromatic heterocycles. The van der Waals surface area contributed by atoms with E-state index in [-0.39, 0.29) is 17.4 Å². The number of nitrogens with zero attached hydrogens (tertiary/aromatic N) is 5. The normalized spacial score (nSPS) is 13.9. The van der Waals surface area contributed by atoms with Crippen molar-refractivity contribution in [2.75, 3.05) is 36.0 Å². The highest BCUT2D eigenvalue weighted by Gasteiger charge is 2.30. The van der Waals surface area contributed by atoms with Gasteiger partial charge in [-0.25, -0.2) is 4.98 Å². The van der Waals surface area contributed by atoms with Gasteiger partial charge < -0.3 is 14.5 Å². The van der Waals surface area contributed by atoms with Gasteiger partial charge in [-0.1, -0.05) is 48.5 Å². The molecule has 0 spiro atoms. The fourth-order valence-electron chi connectivity index (χ4n) is 3.98. The molecule has 32 heavy (non-hydrogen) atoms. The minimum Gasteiger partial charge on any atom is -0.434 e. The van der Waals surface area contributed by atoms with E-state index in [1.807, 2.05) is 59.5 Å². The number of anilines is 2. The molecule has 3 aromatic carbocycles. The molecule has 8 heteroatoms. The summed E-state index contributed by atoms with van der Waals surface area (Å²) >= 11 is 0. The number of aromatic nitrogens is 2. The Morgan fingerprint density at radius 3 is 2.25 bits per heavy atom. The van der Waals surface area contributed by atoms with Crippen LogP contribution in [0.15, 0.2) is 79.1 Å². The first kappa shape index (κ1) is 19.7. The first-order valence-electron chi connectivity index (χ1n) is 10.4. The van der Waals surface area contributed by atoms with Gasteiger partial charge >= 0.3 is 11.6 Å². The molecule has 0 unspecified atom stereocenters. The van der Waals surface area contributed by atoms with Gasteiger partial charge in [-0.05, 0) is 35.0 Å². The van der Waals surface area contributed by atoms with Crippen LogP contribution in [0.3, 0.4) is 0 Å². The monoisotopic (exact) mass is 427 g/mol. The lowest BCUT2D eigenvalue weighted by molar-refractivity contribution is -0.385. The van der Waals surface area contributed by atoms with Crippen LogP contribution in [0.25, 0.3) is 10.8 Å². The van der Waals surface area contributed by atoms with E-state index in [4.69, 9.17) is 4.74 Å². The summed E-state index contributed by atoms with van der Waals surface area (Å²) in [4.78, 5) is 24.0. The molecule has 0 bridgehead atoms. The molecular formula is C24H21N5O3. The lowest BCUT2D eigenvalue weighted by Crippen LogP contribution is -2.47. The van der Waals surface area contributed by atoms with E-state index in [1.54, 1.807) is 6.07 Å². The highest BCUT2D eigenvalue weighted by molar-refractivity contribution is 5.83.